The molecule has 0 bridgehead atoms. The molecule has 0 unspecified atom stereocenters. The molecule has 3 heteroatoms. The summed E-state index contributed by atoms with van der Waals surface area (Å²) in [6.45, 7) is 0. The first-order valence-electron chi connectivity index (χ1n) is 20.8. The summed E-state index contributed by atoms with van der Waals surface area (Å²) in [4.78, 5) is 10.6. The number of para-hydroxylation sites is 1. The topological polar surface area (TPSA) is 38.9 Å². The van der Waals surface area contributed by atoms with E-state index in [4.69, 9.17) is 14.4 Å². The third kappa shape index (κ3) is 6.08. The van der Waals surface area contributed by atoms with Crippen LogP contribution in [0.1, 0.15) is 17.7 Å². The van der Waals surface area contributed by atoms with E-state index < -0.39 is 0 Å². The Labute approximate surface area is 353 Å². The molecule has 2 heterocycles. The van der Waals surface area contributed by atoms with Crippen LogP contribution in [0.4, 0.5) is 0 Å². The molecular formula is C58H36N2O. The van der Waals surface area contributed by atoms with Crippen LogP contribution in [0, 0.1) is 12.1 Å². The van der Waals surface area contributed by atoms with Crippen LogP contribution in [-0.4, -0.2) is 9.97 Å². The molecule has 0 N–H and O–H groups in total. The summed E-state index contributed by atoms with van der Waals surface area (Å²) < 4.78 is 6.48. The average Bonchev–Trinajstić information content (AvgIpc) is 3.73. The van der Waals surface area contributed by atoms with Gasteiger partial charge in [0.25, 0.3) is 0 Å². The van der Waals surface area contributed by atoms with Gasteiger partial charge in [-0.3, -0.25) is 4.98 Å². The van der Waals surface area contributed by atoms with Crippen molar-refractivity contribution >= 4 is 49.6 Å². The first kappa shape index (κ1) is 34.9. The molecule has 0 atom stereocenters. The largest absolute Gasteiger partial charge is 0.456 e. The van der Waals surface area contributed by atoms with Gasteiger partial charge in [0.1, 0.15) is 11.3 Å². The lowest BCUT2D eigenvalue weighted by Crippen LogP contribution is -1.93. The van der Waals surface area contributed by atoms with Gasteiger partial charge in [-0.1, -0.05) is 164 Å². The number of aromatic nitrogens is 2. The summed E-state index contributed by atoms with van der Waals surface area (Å²) in [5.41, 5.74) is 17.2. The molecule has 9 aromatic carbocycles. The molecule has 0 fully saturated rings. The quantitative estimate of drug-likeness (QED) is 0.158. The number of benzene rings is 8. The second kappa shape index (κ2) is 14.3. The first-order chi connectivity index (χ1) is 30.2. The van der Waals surface area contributed by atoms with Gasteiger partial charge in [-0.05, 0) is 105 Å². The van der Waals surface area contributed by atoms with E-state index in [1.54, 1.807) is 0 Å². The number of aryl methyl sites for hydroxylation is 1. The monoisotopic (exact) mass is 776 g/mol. The summed E-state index contributed by atoms with van der Waals surface area (Å²) >= 11 is 0. The molecule has 0 saturated heterocycles. The molecule has 0 saturated carbocycles. The van der Waals surface area contributed by atoms with Gasteiger partial charge < -0.3 is 4.42 Å². The zero-order chi connectivity index (χ0) is 40.3. The summed E-state index contributed by atoms with van der Waals surface area (Å²) in [6.07, 6.45) is 8.28. The SMILES string of the molecule is c1cccc(-c2ccc(-c3ccc4c(c3)c3cc(-c5ccc(-c6ccccc6)cc5)ccc3c3ncc(-c5cccc(-c6cccc7c8c(oc67)C=CCC8)c5)nc43)cc2)c#1. The molecule has 11 aromatic rings. The number of nitrogens with zero attached hydrogens (tertiary/aromatic N) is 2. The molecule has 0 amide bonds. The predicted molar refractivity (Wildman–Crippen MR) is 252 cm³/mol. The van der Waals surface area contributed by atoms with E-state index in [1.165, 1.54) is 27.6 Å². The fourth-order valence-electron chi connectivity index (χ4n) is 9.14. The molecule has 0 radical (unpaired) electrons. The van der Waals surface area contributed by atoms with Gasteiger partial charge in [0.15, 0.2) is 0 Å². The maximum absolute atomic E-state index is 6.48. The van der Waals surface area contributed by atoms with Gasteiger partial charge in [0.2, 0.25) is 0 Å². The molecule has 284 valence electrons. The second-order valence-corrected chi connectivity index (χ2v) is 15.9. The lowest BCUT2D eigenvalue weighted by atomic mass is 9.92. The molecule has 61 heavy (non-hydrogen) atoms. The number of fused-ring (bicyclic) bond motifs is 9. The van der Waals surface area contributed by atoms with Gasteiger partial charge in [0, 0.05) is 38.4 Å². The van der Waals surface area contributed by atoms with Crippen molar-refractivity contribution in [1.82, 2.24) is 9.97 Å². The van der Waals surface area contributed by atoms with Crippen molar-refractivity contribution in [3.63, 3.8) is 0 Å². The molecule has 0 spiro atoms. The van der Waals surface area contributed by atoms with Crippen LogP contribution in [0.5, 0.6) is 0 Å². The molecule has 2 aromatic heterocycles. The van der Waals surface area contributed by atoms with Crippen LogP contribution in [-0.2, 0) is 6.42 Å². The van der Waals surface area contributed by atoms with Gasteiger partial charge in [-0.15, -0.1) is 0 Å². The van der Waals surface area contributed by atoms with E-state index in [0.717, 1.165) is 107 Å². The van der Waals surface area contributed by atoms with Crippen LogP contribution in [0.2, 0.25) is 0 Å². The van der Waals surface area contributed by atoms with Gasteiger partial charge in [-0.25, -0.2) is 4.98 Å². The minimum absolute atomic E-state index is 0.827. The maximum atomic E-state index is 6.48. The van der Waals surface area contributed by atoms with Crippen molar-refractivity contribution < 1.29 is 4.42 Å². The Bertz CT molecular complexity index is 3490. The number of hydrogen-bond acceptors (Lipinski definition) is 3. The highest BCUT2D eigenvalue weighted by Gasteiger charge is 2.19. The lowest BCUT2D eigenvalue weighted by Gasteiger charge is -2.14. The zero-order valence-electron chi connectivity index (χ0n) is 33.2. The normalized spacial score (nSPS) is 12.3. The summed E-state index contributed by atoms with van der Waals surface area (Å²) in [7, 11) is 0. The Morgan fingerprint density at radius 1 is 0.475 bits per heavy atom. The number of rotatable bonds is 6. The Morgan fingerprint density at radius 3 is 1.85 bits per heavy atom. The fraction of sp³-hybridized carbons (Fsp3) is 0.0345. The molecule has 1 aliphatic rings. The van der Waals surface area contributed by atoms with Crippen molar-refractivity contribution in [3.05, 3.63) is 212 Å². The Balaban J connectivity index is 1.00. The van der Waals surface area contributed by atoms with E-state index in [2.05, 4.69) is 188 Å². The van der Waals surface area contributed by atoms with Crippen LogP contribution in [0.25, 0.3) is 117 Å². The minimum atomic E-state index is 0.827. The zero-order valence-corrected chi connectivity index (χ0v) is 33.2. The van der Waals surface area contributed by atoms with Gasteiger partial charge in [0.05, 0.1) is 22.9 Å². The summed E-state index contributed by atoms with van der Waals surface area (Å²) in [5, 5.41) is 5.63. The smallest absolute Gasteiger partial charge is 0.142 e. The van der Waals surface area contributed by atoms with Crippen molar-refractivity contribution in [2.75, 3.05) is 0 Å². The van der Waals surface area contributed by atoms with E-state index >= 15 is 0 Å². The first-order valence-corrected chi connectivity index (χ1v) is 20.8. The fourth-order valence-corrected chi connectivity index (χ4v) is 9.14. The highest BCUT2D eigenvalue weighted by molar-refractivity contribution is 6.24. The highest BCUT2D eigenvalue weighted by atomic mass is 16.3. The van der Waals surface area contributed by atoms with Crippen molar-refractivity contribution in [3.8, 4) is 66.9 Å². The predicted octanol–water partition coefficient (Wildman–Crippen LogP) is 15.2. The molecular weight excluding hydrogens is 741 g/mol. The van der Waals surface area contributed by atoms with Crippen LogP contribution in [0.15, 0.2) is 193 Å². The third-order valence-electron chi connectivity index (χ3n) is 12.3. The summed E-state index contributed by atoms with van der Waals surface area (Å²) in [6, 6.07) is 69.0. The lowest BCUT2D eigenvalue weighted by molar-refractivity contribution is 0.596. The molecule has 12 rings (SSSR count). The number of allylic oxidation sites excluding steroid dienone is 1. The third-order valence-corrected chi connectivity index (χ3v) is 12.3. The average molecular weight is 777 g/mol. The summed E-state index contributed by atoms with van der Waals surface area (Å²) in [5.74, 6) is 0.974. The van der Waals surface area contributed by atoms with Gasteiger partial charge >= 0.3 is 0 Å². The number of hydrogen-bond donors (Lipinski definition) is 0. The minimum Gasteiger partial charge on any atom is -0.456 e. The highest BCUT2D eigenvalue weighted by Crippen LogP contribution is 2.41. The van der Waals surface area contributed by atoms with E-state index in [0.29, 0.717) is 0 Å². The van der Waals surface area contributed by atoms with E-state index in [9.17, 15) is 0 Å². The van der Waals surface area contributed by atoms with Crippen LogP contribution < -0.4 is 0 Å². The second-order valence-electron chi connectivity index (χ2n) is 15.9. The van der Waals surface area contributed by atoms with E-state index in [-0.39, 0.29) is 0 Å². The Morgan fingerprint density at radius 2 is 1.11 bits per heavy atom. The number of furan rings is 1. The molecule has 1 aliphatic carbocycles. The van der Waals surface area contributed by atoms with Crippen molar-refractivity contribution in [2.45, 2.75) is 12.8 Å². The van der Waals surface area contributed by atoms with Crippen LogP contribution >= 0.6 is 0 Å². The van der Waals surface area contributed by atoms with Crippen molar-refractivity contribution in [2.24, 2.45) is 0 Å². The maximum Gasteiger partial charge on any atom is 0.142 e. The Hall–Kier alpha value is -8.06. The molecule has 3 nitrogen and oxygen atoms in total. The van der Waals surface area contributed by atoms with E-state index in [1.807, 2.05) is 18.3 Å². The molecule has 0 aliphatic heterocycles. The van der Waals surface area contributed by atoms with Crippen molar-refractivity contribution in [1.29, 1.82) is 0 Å². The van der Waals surface area contributed by atoms with Crippen LogP contribution in [0.3, 0.4) is 0 Å². The van der Waals surface area contributed by atoms with Gasteiger partial charge in [-0.2, -0.15) is 0 Å². The Kier molecular flexibility index (Phi) is 8.21. The standard InChI is InChI=1S/C58H36N2O/c1-3-11-37(12-4-1)39-21-25-41(26-22-39)43-29-31-49-52(34-43)53-35-44(42-27-23-40(24-28-42)38-13-5-2-6-14-38)30-32-50(53)57-56(49)59-36-54(60-57)46-16-9-15-45(33-46)47-18-10-19-51-48-17-7-8-20-55(48)61-58(47)51/h1-5,8-13,15-16,18-36H,7,17H2.